The van der Waals surface area contributed by atoms with E-state index in [9.17, 15) is 4.79 Å². The fourth-order valence-corrected chi connectivity index (χ4v) is 3.91. The smallest absolute Gasteiger partial charge is 0.318 e. The van der Waals surface area contributed by atoms with Crippen LogP contribution in [0.1, 0.15) is 50.8 Å². The first kappa shape index (κ1) is 18.5. The van der Waals surface area contributed by atoms with Gasteiger partial charge in [-0.3, -0.25) is 9.50 Å². The molecule has 0 fully saturated rings. The van der Waals surface area contributed by atoms with Gasteiger partial charge in [0.2, 0.25) is 0 Å². The molecule has 0 radical (unpaired) electrons. The highest BCUT2D eigenvalue weighted by Crippen LogP contribution is 2.29. The van der Waals surface area contributed by atoms with Crippen LogP contribution >= 0.6 is 0 Å². The molecule has 148 valence electrons. The van der Waals surface area contributed by atoms with Crippen LogP contribution in [0.25, 0.3) is 5.65 Å². The molecular weight excluding hydrogens is 354 g/mol. The number of rotatable bonds is 3. The second-order valence-corrected chi connectivity index (χ2v) is 8.73. The summed E-state index contributed by atoms with van der Waals surface area (Å²) in [6.45, 7) is 9.73. The third-order valence-corrected chi connectivity index (χ3v) is 5.29. The van der Waals surface area contributed by atoms with E-state index in [2.05, 4.69) is 53.4 Å². The summed E-state index contributed by atoms with van der Waals surface area (Å²) in [5, 5.41) is 19.0. The standard InChI is InChI=1S/C20H27N7O/c1-13(2)17(18-25-24-16-7-5-6-8-27(16)18)22-19(28)26-11-14-10-21-23-15(14)9-20(3,4)12-26/h5-8,10,13,17H,9,11-12H2,1-4H3,(H,21,23)(H,22,28). The molecule has 28 heavy (non-hydrogen) atoms. The summed E-state index contributed by atoms with van der Waals surface area (Å²) in [6.07, 6.45) is 4.62. The Kier molecular flexibility index (Phi) is 4.56. The SMILES string of the molecule is CC(C)C(NC(=O)N1Cc2cn[nH]c2CC(C)(C)C1)c1nnc2ccccn12. The van der Waals surface area contributed by atoms with Crippen molar-refractivity contribution in [3.05, 3.63) is 47.7 Å². The predicted octanol–water partition coefficient (Wildman–Crippen LogP) is 2.94. The summed E-state index contributed by atoms with van der Waals surface area (Å²) in [6, 6.07) is 5.46. The third-order valence-electron chi connectivity index (χ3n) is 5.29. The lowest BCUT2D eigenvalue weighted by Gasteiger charge is -2.31. The number of nitrogens with one attached hydrogen (secondary N) is 2. The van der Waals surface area contributed by atoms with Crippen LogP contribution in [0.15, 0.2) is 30.6 Å². The van der Waals surface area contributed by atoms with E-state index in [4.69, 9.17) is 0 Å². The Hall–Kier alpha value is -2.90. The normalized spacial score (nSPS) is 17.4. The van der Waals surface area contributed by atoms with Gasteiger partial charge in [0, 0.05) is 24.0 Å². The van der Waals surface area contributed by atoms with Gasteiger partial charge < -0.3 is 10.2 Å². The van der Waals surface area contributed by atoms with Gasteiger partial charge in [-0.15, -0.1) is 10.2 Å². The maximum Gasteiger partial charge on any atom is 0.318 e. The van der Waals surface area contributed by atoms with Gasteiger partial charge in [-0.1, -0.05) is 33.8 Å². The maximum absolute atomic E-state index is 13.2. The van der Waals surface area contributed by atoms with Crippen molar-refractivity contribution in [2.45, 2.75) is 46.7 Å². The fourth-order valence-electron chi connectivity index (χ4n) is 3.91. The molecule has 0 saturated heterocycles. The molecule has 0 aromatic carbocycles. The number of amides is 2. The molecule has 1 atom stereocenters. The summed E-state index contributed by atoms with van der Waals surface area (Å²) in [4.78, 5) is 15.1. The molecular formula is C20H27N7O. The average Bonchev–Trinajstić information content (AvgIpc) is 3.22. The first-order valence-electron chi connectivity index (χ1n) is 9.70. The van der Waals surface area contributed by atoms with Crippen LogP contribution in [-0.4, -0.2) is 42.3 Å². The summed E-state index contributed by atoms with van der Waals surface area (Å²) in [5.41, 5.74) is 2.93. The highest BCUT2D eigenvalue weighted by atomic mass is 16.2. The van der Waals surface area contributed by atoms with Crippen LogP contribution < -0.4 is 5.32 Å². The summed E-state index contributed by atoms with van der Waals surface area (Å²) >= 11 is 0. The van der Waals surface area contributed by atoms with E-state index >= 15 is 0 Å². The number of fused-ring (bicyclic) bond motifs is 2. The molecule has 1 aliphatic heterocycles. The van der Waals surface area contributed by atoms with E-state index in [0.717, 1.165) is 29.1 Å². The molecule has 0 aliphatic carbocycles. The average molecular weight is 381 g/mol. The third kappa shape index (κ3) is 3.46. The number of pyridine rings is 1. The maximum atomic E-state index is 13.2. The molecule has 4 heterocycles. The van der Waals surface area contributed by atoms with Gasteiger partial charge in [0.05, 0.1) is 18.8 Å². The highest BCUT2D eigenvalue weighted by Gasteiger charge is 2.33. The fraction of sp³-hybridized carbons (Fsp3) is 0.500. The van der Waals surface area contributed by atoms with Crippen LogP contribution in [0.3, 0.4) is 0 Å². The van der Waals surface area contributed by atoms with Crippen LogP contribution in [0.4, 0.5) is 4.79 Å². The molecule has 8 heteroatoms. The Morgan fingerprint density at radius 3 is 2.89 bits per heavy atom. The molecule has 2 N–H and O–H groups in total. The highest BCUT2D eigenvalue weighted by molar-refractivity contribution is 5.75. The Morgan fingerprint density at radius 1 is 1.29 bits per heavy atom. The molecule has 1 unspecified atom stereocenters. The molecule has 3 aromatic heterocycles. The lowest BCUT2D eigenvalue weighted by atomic mass is 9.88. The summed E-state index contributed by atoms with van der Waals surface area (Å²) < 4.78 is 1.94. The second kappa shape index (κ2) is 6.92. The number of urea groups is 1. The summed E-state index contributed by atoms with van der Waals surface area (Å²) in [7, 11) is 0. The lowest BCUT2D eigenvalue weighted by Crippen LogP contribution is -2.46. The number of hydrogen-bond donors (Lipinski definition) is 2. The number of aromatic amines is 1. The van der Waals surface area contributed by atoms with E-state index in [1.165, 1.54) is 0 Å². The van der Waals surface area contributed by atoms with Crippen molar-refractivity contribution in [3.63, 3.8) is 0 Å². The van der Waals surface area contributed by atoms with E-state index in [1.807, 2.05) is 39.9 Å². The summed E-state index contributed by atoms with van der Waals surface area (Å²) in [5.74, 6) is 0.915. The number of carbonyl (C=O) groups is 1. The van der Waals surface area contributed by atoms with Crippen LogP contribution in [0.2, 0.25) is 0 Å². The van der Waals surface area contributed by atoms with E-state index in [0.29, 0.717) is 13.1 Å². The van der Waals surface area contributed by atoms with Gasteiger partial charge in [0.1, 0.15) is 0 Å². The minimum atomic E-state index is -0.236. The Bertz CT molecular complexity index is 987. The van der Waals surface area contributed by atoms with Crippen molar-refractivity contribution < 1.29 is 4.79 Å². The number of H-pyrrole nitrogens is 1. The lowest BCUT2D eigenvalue weighted by molar-refractivity contribution is 0.161. The van der Waals surface area contributed by atoms with E-state index in [-0.39, 0.29) is 23.4 Å². The first-order valence-corrected chi connectivity index (χ1v) is 9.70. The van der Waals surface area contributed by atoms with Gasteiger partial charge in [0.15, 0.2) is 11.5 Å². The van der Waals surface area contributed by atoms with Crippen molar-refractivity contribution >= 4 is 11.7 Å². The number of nitrogens with zero attached hydrogens (tertiary/aromatic N) is 5. The number of carbonyl (C=O) groups excluding carboxylic acids is 1. The quantitative estimate of drug-likeness (QED) is 0.730. The molecule has 4 rings (SSSR count). The first-order chi connectivity index (χ1) is 13.3. The zero-order valence-electron chi connectivity index (χ0n) is 16.8. The van der Waals surface area contributed by atoms with Crippen molar-refractivity contribution in [3.8, 4) is 0 Å². The van der Waals surface area contributed by atoms with Crippen molar-refractivity contribution in [2.24, 2.45) is 11.3 Å². The molecule has 2 amide bonds. The molecule has 3 aromatic rings. The second-order valence-electron chi connectivity index (χ2n) is 8.73. The number of aromatic nitrogens is 5. The Morgan fingerprint density at radius 2 is 2.11 bits per heavy atom. The van der Waals surface area contributed by atoms with Crippen molar-refractivity contribution in [2.75, 3.05) is 6.54 Å². The number of hydrogen-bond acceptors (Lipinski definition) is 4. The Balaban J connectivity index is 1.60. The van der Waals surface area contributed by atoms with Gasteiger partial charge >= 0.3 is 6.03 Å². The molecule has 1 aliphatic rings. The zero-order valence-corrected chi connectivity index (χ0v) is 16.8. The van der Waals surface area contributed by atoms with Gasteiger partial charge in [-0.25, -0.2) is 4.79 Å². The van der Waals surface area contributed by atoms with Crippen LogP contribution in [0, 0.1) is 11.3 Å². The molecule has 8 nitrogen and oxygen atoms in total. The molecule has 0 saturated carbocycles. The topological polar surface area (TPSA) is 91.2 Å². The van der Waals surface area contributed by atoms with Gasteiger partial charge in [-0.05, 0) is 29.9 Å². The van der Waals surface area contributed by atoms with Crippen LogP contribution in [-0.2, 0) is 13.0 Å². The minimum Gasteiger partial charge on any atom is -0.328 e. The molecule has 0 bridgehead atoms. The minimum absolute atomic E-state index is 0.0377. The van der Waals surface area contributed by atoms with Gasteiger partial charge in [-0.2, -0.15) is 5.10 Å². The largest absolute Gasteiger partial charge is 0.328 e. The van der Waals surface area contributed by atoms with Gasteiger partial charge in [0.25, 0.3) is 0 Å². The van der Waals surface area contributed by atoms with E-state index in [1.54, 1.807) is 0 Å². The molecule has 0 spiro atoms. The zero-order chi connectivity index (χ0) is 19.9. The van der Waals surface area contributed by atoms with Crippen LogP contribution in [0.5, 0.6) is 0 Å². The van der Waals surface area contributed by atoms with Crippen molar-refractivity contribution in [1.29, 1.82) is 0 Å². The van der Waals surface area contributed by atoms with E-state index < -0.39 is 0 Å². The van der Waals surface area contributed by atoms with Crippen molar-refractivity contribution in [1.82, 2.24) is 35.0 Å². The predicted molar refractivity (Wildman–Crippen MR) is 106 cm³/mol. The monoisotopic (exact) mass is 381 g/mol. The Labute approximate surface area is 164 Å².